The van der Waals surface area contributed by atoms with Crippen LogP contribution in [-0.2, 0) is 0 Å². The minimum absolute atomic E-state index is 0.0758. The van der Waals surface area contributed by atoms with Crippen LogP contribution in [-0.4, -0.2) is 41.8 Å². The summed E-state index contributed by atoms with van der Waals surface area (Å²) in [5, 5.41) is 10.00. The van der Waals surface area contributed by atoms with Crippen LogP contribution in [0.15, 0.2) is 0 Å². The molecule has 0 aromatic carbocycles. The van der Waals surface area contributed by atoms with E-state index in [1.165, 1.54) is 19.3 Å². The number of rotatable bonds is 6. The van der Waals surface area contributed by atoms with Gasteiger partial charge in [-0.15, -0.1) is 0 Å². The van der Waals surface area contributed by atoms with E-state index in [9.17, 15) is 5.11 Å². The van der Waals surface area contributed by atoms with Crippen LogP contribution in [0.5, 0.6) is 0 Å². The summed E-state index contributed by atoms with van der Waals surface area (Å²) in [5.41, 5.74) is 6.76. The third kappa shape index (κ3) is 1.69. The molecule has 118 valence electrons. The van der Waals surface area contributed by atoms with Gasteiger partial charge in [0.25, 0.3) is 0 Å². The number of aliphatic hydroxyl groups excluding tert-OH is 1. The zero-order valence-electron chi connectivity index (χ0n) is 14.1. The van der Waals surface area contributed by atoms with Crippen molar-refractivity contribution in [3.63, 3.8) is 0 Å². The van der Waals surface area contributed by atoms with Gasteiger partial charge in [-0.25, -0.2) is 0 Å². The summed E-state index contributed by atoms with van der Waals surface area (Å²) in [4.78, 5) is 2.61. The van der Waals surface area contributed by atoms with Gasteiger partial charge >= 0.3 is 0 Å². The lowest BCUT2D eigenvalue weighted by atomic mass is 9.57. The summed E-state index contributed by atoms with van der Waals surface area (Å²) in [6.07, 6.45) is 3.83. The predicted molar refractivity (Wildman–Crippen MR) is 84.5 cm³/mol. The van der Waals surface area contributed by atoms with Crippen LogP contribution < -0.4 is 5.73 Å². The molecule has 0 heterocycles. The van der Waals surface area contributed by atoms with Gasteiger partial charge in [-0.3, -0.25) is 4.90 Å². The summed E-state index contributed by atoms with van der Waals surface area (Å²) in [6.45, 7) is 14.8. The highest BCUT2D eigenvalue weighted by Gasteiger charge is 2.71. The highest BCUT2D eigenvalue weighted by atomic mass is 16.3. The van der Waals surface area contributed by atoms with E-state index in [4.69, 9.17) is 5.73 Å². The number of nitrogens with zero attached hydrogens (tertiary/aromatic N) is 1. The second kappa shape index (κ2) is 5.26. The monoisotopic (exact) mass is 282 g/mol. The largest absolute Gasteiger partial charge is 0.396 e. The number of fused-ring (bicyclic) bond motifs is 2. The van der Waals surface area contributed by atoms with Crippen LogP contribution in [0.2, 0.25) is 0 Å². The molecule has 3 N–H and O–H groups in total. The van der Waals surface area contributed by atoms with Crippen molar-refractivity contribution in [1.82, 2.24) is 4.90 Å². The zero-order valence-corrected chi connectivity index (χ0v) is 14.1. The topological polar surface area (TPSA) is 49.5 Å². The molecule has 2 aliphatic rings. The van der Waals surface area contributed by atoms with E-state index in [2.05, 4.69) is 39.5 Å². The second-order valence-electron chi connectivity index (χ2n) is 7.71. The van der Waals surface area contributed by atoms with Crippen molar-refractivity contribution in [2.45, 2.75) is 59.4 Å². The fraction of sp³-hybridized carbons (Fsp3) is 1.00. The van der Waals surface area contributed by atoms with Gasteiger partial charge in [-0.05, 0) is 55.6 Å². The van der Waals surface area contributed by atoms with E-state index in [-0.39, 0.29) is 23.5 Å². The first-order chi connectivity index (χ1) is 9.35. The van der Waals surface area contributed by atoms with Gasteiger partial charge < -0.3 is 10.8 Å². The van der Waals surface area contributed by atoms with E-state index < -0.39 is 0 Å². The summed E-state index contributed by atoms with van der Waals surface area (Å²) < 4.78 is 0. The molecular formula is C17H34N2O. The lowest BCUT2D eigenvalue weighted by Gasteiger charge is -2.58. The minimum atomic E-state index is 0.0758. The van der Waals surface area contributed by atoms with Gasteiger partial charge in [0.05, 0.1) is 0 Å². The van der Waals surface area contributed by atoms with Crippen LogP contribution >= 0.6 is 0 Å². The molecule has 4 atom stereocenters. The molecule has 2 bridgehead atoms. The van der Waals surface area contributed by atoms with Gasteiger partial charge in [-0.2, -0.15) is 0 Å². The molecule has 0 aromatic heterocycles. The Bertz CT molecular complexity index is 335. The number of hydrogen-bond acceptors (Lipinski definition) is 3. The third-order valence-electron chi connectivity index (χ3n) is 7.46. The summed E-state index contributed by atoms with van der Waals surface area (Å²) >= 11 is 0. The van der Waals surface area contributed by atoms with Crippen molar-refractivity contribution < 1.29 is 5.11 Å². The molecule has 20 heavy (non-hydrogen) atoms. The Labute approximate surface area is 124 Å². The Morgan fingerprint density at radius 1 is 1.25 bits per heavy atom. The van der Waals surface area contributed by atoms with E-state index in [1.807, 2.05) is 0 Å². The Hall–Kier alpha value is -0.120. The molecule has 0 unspecified atom stereocenters. The first-order valence-corrected chi connectivity index (χ1v) is 8.41. The van der Waals surface area contributed by atoms with Gasteiger partial charge in [0.1, 0.15) is 0 Å². The first-order valence-electron chi connectivity index (χ1n) is 8.41. The maximum Gasteiger partial charge on any atom is 0.0489 e. The fourth-order valence-corrected chi connectivity index (χ4v) is 5.89. The van der Waals surface area contributed by atoms with Crippen LogP contribution in [0.25, 0.3) is 0 Å². The van der Waals surface area contributed by atoms with E-state index >= 15 is 0 Å². The first kappa shape index (κ1) is 16.3. The second-order valence-corrected chi connectivity index (χ2v) is 7.71. The third-order valence-corrected chi connectivity index (χ3v) is 7.46. The standard InChI is InChI=1S/C17H34N2O/c1-6-19(7-2)17(14(11-18)12-20)10-13-8-9-16(17,5)15(13,3)4/h13-14,20H,6-12,18H2,1-5H3/t13-,14+,16-,17+/m1/s1. The maximum absolute atomic E-state index is 10.00. The minimum Gasteiger partial charge on any atom is -0.396 e. The van der Waals surface area contributed by atoms with Crippen molar-refractivity contribution in [3.05, 3.63) is 0 Å². The predicted octanol–water partition coefficient (Wildman–Crippen LogP) is 2.48. The Morgan fingerprint density at radius 3 is 2.15 bits per heavy atom. The number of nitrogens with two attached hydrogens (primary N) is 1. The van der Waals surface area contributed by atoms with Crippen LogP contribution in [0, 0.1) is 22.7 Å². The molecular weight excluding hydrogens is 248 g/mol. The van der Waals surface area contributed by atoms with Crippen molar-refractivity contribution in [2.75, 3.05) is 26.2 Å². The number of hydrogen-bond donors (Lipinski definition) is 2. The van der Waals surface area contributed by atoms with Crippen LogP contribution in [0.1, 0.15) is 53.9 Å². The van der Waals surface area contributed by atoms with E-state index in [1.54, 1.807) is 0 Å². The molecule has 0 saturated heterocycles. The number of aliphatic hydroxyl groups is 1. The molecule has 2 fully saturated rings. The van der Waals surface area contributed by atoms with Crippen molar-refractivity contribution >= 4 is 0 Å². The Morgan fingerprint density at radius 2 is 1.85 bits per heavy atom. The molecule has 0 spiro atoms. The molecule has 2 rings (SSSR count). The van der Waals surface area contributed by atoms with Gasteiger partial charge in [0.15, 0.2) is 0 Å². The van der Waals surface area contributed by atoms with Crippen LogP contribution in [0.3, 0.4) is 0 Å². The van der Waals surface area contributed by atoms with Crippen molar-refractivity contribution in [1.29, 1.82) is 0 Å². The average Bonchev–Trinajstić information content (AvgIpc) is 2.74. The smallest absolute Gasteiger partial charge is 0.0489 e. The normalized spacial score (nSPS) is 40.5. The van der Waals surface area contributed by atoms with Gasteiger partial charge in [0, 0.05) is 18.1 Å². The molecule has 0 aromatic rings. The van der Waals surface area contributed by atoms with E-state index in [0.29, 0.717) is 12.0 Å². The molecule has 3 heteroatoms. The van der Waals surface area contributed by atoms with Crippen LogP contribution in [0.4, 0.5) is 0 Å². The fourth-order valence-electron chi connectivity index (χ4n) is 5.89. The summed E-state index contributed by atoms with van der Waals surface area (Å²) in [5.74, 6) is 0.964. The zero-order chi connectivity index (χ0) is 15.2. The maximum atomic E-state index is 10.00. The van der Waals surface area contributed by atoms with Gasteiger partial charge in [-0.1, -0.05) is 34.6 Å². The van der Waals surface area contributed by atoms with E-state index in [0.717, 1.165) is 19.0 Å². The highest BCUT2D eigenvalue weighted by Crippen LogP contribution is 2.72. The lowest BCUT2D eigenvalue weighted by molar-refractivity contribution is -0.0909. The molecule has 2 saturated carbocycles. The molecule has 0 radical (unpaired) electrons. The van der Waals surface area contributed by atoms with Crippen molar-refractivity contribution in [2.24, 2.45) is 28.4 Å². The average molecular weight is 282 g/mol. The quantitative estimate of drug-likeness (QED) is 0.787. The summed E-state index contributed by atoms with van der Waals surface area (Å²) in [7, 11) is 0. The molecule has 0 amide bonds. The SMILES string of the molecule is CCN(CC)[C@]1([C@@H](CN)CO)C[C@H]2CC[C@]1(C)C2(C)C. The molecule has 0 aliphatic heterocycles. The Balaban J connectivity index is 2.55. The lowest BCUT2D eigenvalue weighted by Crippen LogP contribution is -2.65. The van der Waals surface area contributed by atoms with Gasteiger partial charge in [0.2, 0.25) is 0 Å². The highest BCUT2D eigenvalue weighted by molar-refractivity contribution is 5.23. The molecule has 3 nitrogen and oxygen atoms in total. The molecule has 2 aliphatic carbocycles. The van der Waals surface area contributed by atoms with Crippen molar-refractivity contribution in [3.8, 4) is 0 Å². The summed E-state index contributed by atoms with van der Waals surface area (Å²) in [6, 6.07) is 0. The Kier molecular flexibility index (Phi) is 4.27.